The van der Waals surface area contributed by atoms with Crippen LogP contribution in [0, 0.1) is 11.7 Å². The highest BCUT2D eigenvalue weighted by Crippen LogP contribution is 2.31. The molecule has 0 aliphatic carbocycles. The van der Waals surface area contributed by atoms with Crippen LogP contribution < -0.4 is 14.9 Å². The Morgan fingerprint density at radius 2 is 1.97 bits per heavy atom. The van der Waals surface area contributed by atoms with Gasteiger partial charge >= 0.3 is 0 Å². The molecule has 0 aliphatic rings. The van der Waals surface area contributed by atoms with Crippen molar-refractivity contribution in [1.82, 2.24) is 24.3 Å². The Morgan fingerprint density at radius 3 is 2.67 bits per heavy atom. The van der Waals surface area contributed by atoms with E-state index in [2.05, 4.69) is 15.2 Å². The predicted molar refractivity (Wildman–Crippen MR) is 117 cm³/mol. The van der Waals surface area contributed by atoms with Gasteiger partial charge in [0, 0.05) is 24.5 Å². The highest BCUT2D eigenvalue weighted by atomic mass is 32.1. The first-order valence-corrected chi connectivity index (χ1v) is 9.80. The molecule has 8 nitrogen and oxygen atoms in total. The van der Waals surface area contributed by atoms with Crippen molar-refractivity contribution in [2.45, 2.75) is 20.4 Å². The van der Waals surface area contributed by atoms with E-state index in [9.17, 15) is 4.79 Å². The van der Waals surface area contributed by atoms with Crippen LogP contribution >= 0.6 is 12.2 Å². The second-order valence-corrected chi connectivity index (χ2v) is 7.09. The third-order valence-electron chi connectivity index (χ3n) is 4.94. The lowest BCUT2D eigenvalue weighted by molar-refractivity contribution is 0.401. The van der Waals surface area contributed by atoms with Gasteiger partial charge in [-0.2, -0.15) is 5.10 Å². The summed E-state index contributed by atoms with van der Waals surface area (Å²) in [5.41, 5.74) is 2.35. The van der Waals surface area contributed by atoms with E-state index in [1.54, 1.807) is 49.2 Å². The van der Waals surface area contributed by atoms with Crippen molar-refractivity contribution in [3.63, 3.8) is 0 Å². The fourth-order valence-corrected chi connectivity index (χ4v) is 3.66. The normalized spacial score (nSPS) is 11.1. The monoisotopic (exact) mass is 423 g/mol. The first-order valence-electron chi connectivity index (χ1n) is 9.39. The van der Waals surface area contributed by atoms with Gasteiger partial charge in [-0.1, -0.05) is 0 Å². The van der Waals surface area contributed by atoms with Crippen LogP contribution in [0.5, 0.6) is 11.5 Å². The number of aryl methyl sites for hydroxylation is 2. The maximum atomic E-state index is 13.4. The van der Waals surface area contributed by atoms with Gasteiger partial charge in [0.15, 0.2) is 10.6 Å². The molecule has 4 aromatic rings. The summed E-state index contributed by atoms with van der Waals surface area (Å²) >= 11 is 5.49. The number of H-pyrrole nitrogens is 1. The number of ether oxygens (including phenoxy) is 2. The van der Waals surface area contributed by atoms with Crippen LogP contribution in [0.25, 0.3) is 28.1 Å². The van der Waals surface area contributed by atoms with Crippen molar-refractivity contribution in [3.8, 4) is 28.6 Å². The minimum absolute atomic E-state index is 0.167. The molecular weight excluding hydrogens is 402 g/mol. The lowest BCUT2D eigenvalue weighted by Crippen LogP contribution is -2.15. The number of pyridine rings is 2. The number of rotatable bonds is 5. The second-order valence-electron chi connectivity index (χ2n) is 6.71. The zero-order chi connectivity index (χ0) is 21.4. The quantitative estimate of drug-likeness (QED) is 0.493. The average molecular weight is 423 g/mol. The molecule has 0 spiro atoms. The SMILES string of the molecule is CCn1cc(-c2n[nH]c(=S)n2-c2cc(OC)ccc2OC)c(=O)c2ccc(C)nc21. The first-order chi connectivity index (χ1) is 14.5. The van der Waals surface area contributed by atoms with Crippen molar-refractivity contribution >= 4 is 23.3 Å². The highest BCUT2D eigenvalue weighted by molar-refractivity contribution is 7.71. The molecule has 4 rings (SSSR count). The van der Waals surface area contributed by atoms with Crippen molar-refractivity contribution in [3.05, 3.63) is 57.2 Å². The molecule has 0 amide bonds. The predicted octanol–water partition coefficient (Wildman–Crippen LogP) is 3.65. The van der Waals surface area contributed by atoms with Gasteiger partial charge < -0.3 is 14.0 Å². The molecule has 0 fully saturated rings. The van der Waals surface area contributed by atoms with Gasteiger partial charge in [0.2, 0.25) is 5.43 Å². The molecule has 0 unspecified atom stereocenters. The molecule has 9 heteroatoms. The van der Waals surface area contributed by atoms with Crippen LogP contribution in [0.4, 0.5) is 0 Å². The molecule has 1 aromatic carbocycles. The lowest BCUT2D eigenvalue weighted by Gasteiger charge is -2.14. The molecule has 30 heavy (non-hydrogen) atoms. The highest BCUT2D eigenvalue weighted by Gasteiger charge is 2.20. The summed E-state index contributed by atoms with van der Waals surface area (Å²) in [6.45, 7) is 4.55. The molecule has 0 bridgehead atoms. The topological polar surface area (TPSA) is 87.0 Å². The number of nitrogens with zero attached hydrogens (tertiary/aromatic N) is 4. The van der Waals surface area contributed by atoms with Crippen molar-refractivity contribution in [2.75, 3.05) is 14.2 Å². The Hall–Kier alpha value is -3.46. The summed E-state index contributed by atoms with van der Waals surface area (Å²) in [5.74, 6) is 1.59. The number of nitrogens with one attached hydrogen (secondary N) is 1. The van der Waals surface area contributed by atoms with E-state index < -0.39 is 0 Å². The largest absolute Gasteiger partial charge is 0.497 e. The van der Waals surface area contributed by atoms with Crippen LogP contribution in [-0.2, 0) is 6.54 Å². The Kier molecular flexibility index (Phi) is 5.13. The molecule has 154 valence electrons. The van der Waals surface area contributed by atoms with Crippen LogP contribution in [0.2, 0.25) is 0 Å². The Bertz CT molecular complexity index is 1370. The Morgan fingerprint density at radius 1 is 1.17 bits per heavy atom. The third-order valence-corrected chi connectivity index (χ3v) is 5.22. The number of hydrogen-bond donors (Lipinski definition) is 1. The van der Waals surface area contributed by atoms with E-state index in [1.807, 2.05) is 24.5 Å². The molecular formula is C21H21N5O3S. The second kappa shape index (κ2) is 7.75. The van der Waals surface area contributed by atoms with Crippen LogP contribution in [0.3, 0.4) is 0 Å². The summed E-state index contributed by atoms with van der Waals surface area (Å²) < 4.78 is 14.8. The van der Waals surface area contributed by atoms with E-state index in [1.165, 1.54) is 0 Å². The van der Waals surface area contributed by atoms with Gasteiger partial charge in [-0.3, -0.25) is 14.5 Å². The van der Waals surface area contributed by atoms with E-state index in [0.29, 0.717) is 50.9 Å². The smallest absolute Gasteiger partial charge is 0.202 e. The minimum atomic E-state index is -0.167. The summed E-state index contributed by atoms with van der Waals surface area (Å²) in [6.07, 6.45) is 1.77. The molecule has 0 atom stereocenters. The number of aromatic nitrogens is 5. The molecule has 3 aromatic heterocycles. The van der Waals surface area contributed by atoms with Crippen molar-refractivity contribution in [1.29, 1.82) is 0 Å². The lowest BCUT2D eigenvalue weighted by atomic mass is 10.1. The van der Waals surface area contributed by atoms with Crippen LogP contribution in [0.1, 0.15) is 12.6 Å². The molecule has 0 aliphatic heterocycles. The van der Waals surface area contributed by atoms with Crippen molar-refractivity contribution in [2.24, 2.45) is 0 Å². The maximum absolute atomic E-state index is 13.4. The number of aromatic amines is 1. The molecule has 1 N–H and O–H groups in total. The van der Waals surface area contributed by atoms with E-state index in [4.69, 9.17) is 21.7 Å². The van der Waals surface area contributed by atoms with Crippen molar-refractivity contribution < 1.29 is 9.47 Å². The number of hydrogen-bond acceptors (Lipinski definition) is 6. The maximum Gasteiger partial charge on any atom is 0.202 e. The van der Waals surface area contributed by atoms with Gasteiger partial charge in [0.25, 0.3) is 0 Å². The van der Waals surface area contributed by atoms with Gasteiger partial charge in [0.1, 0.15) is 17.1 Å². The zero-order valence-corrected chi connectivity index (χ0v) is 17.9. The van der Waals surface area contributed by atoms with Crippen LogP contribution in [-0.4, -0.2) is 38.5 Å². The van der Waals surface area contributed by atoms with Gasteiger partial charge in [-0.15, -0.1) is 0 Å². The van der Waals surface area contributed by atoms with Gasteiger partial charge in [-0.05, 0) is 50.3 Å². The molecule has 0 saturated heterocycles. The summed E-state index contributed by atoms with van der Waals surface area (Å²) in [4.78, 5) is 17.9. The van der Waals surface area contributed by atoms with Gasteiger partial charge in [-0.25, -0.2) is 4.98 Å². The summed E-state index contributed by atoms with van der Waals surface area (Å²) in [7, 11) is 3.15. The standard InChI is InChI=1S/C21H21N5O3S/c1-5-25-11-15(18(27)14-8-6-12(2)22-19(14)25)20-23-24-21(30)26(20)16-10-13(28-3)7-9-17(16)29-4/h6-11H,5H2,1-4H3,(H,24,30). The third kappa shape index (κ3) is 3.17. The molecule has 0 radical (unpaired) electrons. The van der Waals surface area contributed by atoms with Gasteiger partial charge in [0.05, 0.1) is 30.9 Å². The summed E-state index contributed by atoms with van der Waals surface area (Å²) in [5, 5.41) is 7.70. The summed E-state index contributed by atoms with van der Waals surface area (Å²) in [6, 6.07) is 8.99. The number of fused-ring (bicyclic) bond motifs is 1. The first kappa shape index (κ1) is 19.8. The number of benzene rings is 1. The zero-order valence-electron chi connectivity index (χ0n) is 17.1. The van der Waals surface area contributed by atoms with E-state index in [0.717, 1.165) is 5.69 Å². The average Bonchev–Trinajstić information content (AvgIpc) is 3.14. The van der Waals surface area contributed by atoms with E-state index in [-0.39, 0.29) is 5.43 Å². The van der Waals surface area contributed by atoms with E-state index >= 15 is 0 Å². The minimum Gasteiger partial charge on any atom is -0.497 e. The molecule has 3 heterocycles. The molecule has 0 saturated carbocycles. The fraction of sp³-hybridized carbons (Fsp3) is 0.238. The fourth-order valence-electron chi connectivity index (χ4n) is 3.43. The number of methoxy groups -OCH3 is 2. The Balaban J connectivity index is 2.05. The van der Waals surface area contributed by atoms with Crippen LogP contribution in [0.15, 0.2) is 41.3 Å². The Labute approximate surface area is 177 Å².